The van der Waals surface area contributed by atoms with Crippen molar-refractivity contribution >= 4 is 17.3 Å². The standard InChI is InChI=1S/C8H12N6S/c1-3-6(7-9-4-5-15-7)10-8-11-12-13-14(8)2/h4-6H,3H2,1-2H3,(H,10,11,13). The molecule has 7 heteroatoms. The van der Waals surface area contributed by atoms with Crippen molar-refractivity contribution in [1.29, 1.82) is 0 Å². The molecule has 0 saturated carbocycles. The van der Waals surface area contributed by atoms with Crippen molar-refractivity contribution in [3.05, 3.63) is 16.6 Å². The second-order valence-corrected chi connectivity index (χ2v) is 4.03. The van der Waals surface area contributed by atoms with Crippen molar-refractivity contribution in [2.45, 2.75) is 19.4 Å². The first kappa shape index (κ1) is 10.0. The topological polar surface area (TPSA) is 68.5 Å². The Balaban J connectivity index is 2.13. The number of hydrogen-bond acceptors (Lipinski definition) is 6. The highest BCUT2D eigenvalue weighted by molar-refractivity contribution is 7.09. The maximum absolute atomic E-state index is 4.28. The number of tetrazole rings is 1. The summed E-state index contributed by atoms with van der Waals surface area (Å²) in [5, 5.41) is 17.5. The van der Waals surface area contributed by atoms with Crippen molar-refractivity contribution in [2.75, 3.05) is 5.32 Å². The van der Waals surface area contributed by atoms with E-state index in [9.17, 15) is 0 Å². The minimum absolute atomic E-state index is 0.176. The van der Waals surface area contributed by atoms with E-state index in [-0.39, 0.29) is 6.04 Å². The fourth-order valence-electron chi connectivity index (χ4n) is 1.25. The van der Waals surface area contributed by atoms with Crippen molar-refractivity contribution in [2.24, 2.45) is 7.05 Å². The molecule has 0 spiro atoms. The highest BCUT2D eigenvalue weighted by Gasteiger charge is 2.14. The number of aromatic nitrogens is 5. The Labute approximate surface area is 91.3 Å². The Kier molecular flexibility index (Phi) is 2.91. The molecule has 15 heavy (non-hydrogen) atoms. The summed E-state index contributed by atoms with van der Waals surface area (Å²) in [6.45, 7) is 2.10. The van der Waals surface area contributed by atoms with Gasteiger partial charge in [0, 0.05) is 18.6 Å². The fourth-order valence-corrected chi connectivity index (χ4v) is 2.03. The zero-order valence-corrected chi connectivity index (χ0v) is 9.40. The molecule has 0 bridgehead atoms. The third-order valence-electron chi connectivity index (χ3n) is 2.08. The second-order valence-electron chi connectivity index (χ2n) is 3.10. The van der Waals surface area contributed by atoms with Crippen LogP contribution < -0.4 is 5.32 Å². The van der Waals surface area contributed by atoms with Gasteiger partial charge in [-0.3, -0.25) is 0 Å². The maximum atomic E-state index is 4.28. The summed E-state index contributed by atoms with van der Waals surface area (Å²) in [5.74, 6) is 0.664. The summed E-state index contributed by atoms with van der Waals surface area (Å²) < 4.78 is 1.61. The molecule has 2 aromatic rings. The van der Waals surface area contributed by atoms with Gasteiger partial charge in [0.2, 0.25) is 5.95 Å². The van der Waals surface area contributed by atoms with E-state index in [4.69, 9.17) is 0 Å². The average molecular weight is 224 g/mol. The normalized spacial score (nSPS) is 12.7. The van der Waals surface area contributed by atoms with Crippen LogP contribution in [-0.2, 0) is 7.05 Å². The molecule has 0 saturated heterocycles. The molecule has 80 valence electrons. The van der Waals surface area contributed by atoms with Crippen LogP contribution in [0.4, 0.5) is 5.95 Å². The molecule has 2 heterocycles. The van der Waals surface area contributed by atoms with Crippen LogP contribution in [0, 0.1) is 0 Å². The minimum atomic E-state index is 0.176. The molecule has 0 aliphatic rings. The number of aryl methyl sites for hydroxylation is 1. The fraction of sp³-hybridized carbons (Fsp3) is 0.500. The first-order chi connectivity index (χ1) is 7.31. The van der Waals surface area contributed by atoms with Gasteiger partial charge in [-0.15, -0.1) is 11.3 Å². The molecule has 1 unspecified atom stereocenters. The lowest BCUT2D eigenvalue weighted by atomic mass is 10.2. The predicted octanol–water partition coefficient (Wildman–Crippen LogP) is 1.23. The van der Waals surface area contributed by atoms with Crippen molar-refractivity contribution in [1.82, 2.24) is 25.2 Å². The van der Waals surface area contributed by atoms with E-state index in [0.717, 1.165) is 11.4 Å². The van der Waals surface area contributed by atoms with E-state index in [0.29, 0.717) is 5.95 Å². The van der Waals surface area contributed by atoms with Crippen LogP contribution in [0.15, 0.2) is 11.6 Å². The zero-order chi connectivity index (χ0) is 10.7. The van der Waals surface area contributed by atoms with Gasteiger partial charge in [-0.05, 0) is 16.8 Å². The van der Waals surface area contributed by atoms with E-state index in [1.165, 1.54) is 0 Å². The second kappa shape index (κ2) is 4.35. The third kappa shape index (κ3) is 2.12. The molecule has 0 amide bonds. The van der Waals surface area contributed by atoms with E-state index >= 15 is 0 Å². The van der Waals surface area contributed by atoms with Crippen LogP contribution >= 0.6 is 11.3 Å². The molecule has 1 N–H and O–H groups in total. The average Bonchev–Trinajstić information content (AvgIpc) is 2.86. The smallest absolute Gasteiger partial charge is 0.243 e. The molecule has 1 atom stereocenters. The van der Waals surface area contributed by atoms with Crippen LogP contribution in [0.3, 0.4) is 0 Å². The van der Waals surface area contributed by atoms with Crippen LogP contribution in [0.25, 0.3) is 0 Å². The summed E-state index contributed by atoms with van der Waals surface area (Å²) in [4.78, 5) is 4.28. The number of anilines is 1. The van der Waals surface area contributed by atoms with Crippen LogP contribution in [0.2, 0.25) is 0 Å². The summed E-state index contributed by atoms with van der Waals surface area (Å²) in [6.07, 6.45) is 2.75. The lowest BCUT2D eigenvalue weighted by Gasteiger charge is -2.13. The van der Waals surface area contributed by atoms with Gasteiger partial charge >= 0.3 is 0 Å². The number of nitrogens with zero attached hydrogens (tertiary/aromatic N) is 5. The molecular formula is C8H12N6S. The Bertz CT molecular complexity index is 408. The minimum Gasteiger partial charge on any atom is -0.344 e. The summed E-state index contributed by atoms with van der Waals surface area (Å²) in [7, 11) is 1.80. The number of thiazole rings is 1. The van der Waals surface area contributed by atoms with Gasteiger partial charge < -0.3 is 5.32 Å². The Morgan fingerprint density at radius 3 is 3.00 bits per heavy atom. The lowest BCUT2D eigenvalue weighted by Crippen LogP contribution is -2.13. The van der Waals surface area contributed by atoms with Gasteiger partial charge in [-0.2, -0.15) is 0 Å². The van der Waals surface area contributed by atoms with E-state index < -0.39 is 0 Å². The monoisotopic (exact) mass is 224 g/mol. The van der Waals surface area contributed by atoms with E-state index in [2.05, 4.69) is 32.7 Å². The van der Waals surface area contributed by atoms with Gasteiger partial charge in [-0.1, -0.05) is 12.0 Å². The molecule has 0 aliphatic heterocycles. The summed E-state index contributed by atoms with van der Waals surface area (Å²) in [6, 6.07) is 0.176. The first-order valence-electron chi connectivity index (χ1n) is 4.69. The quantitative estimate of drug-likeness (QED) is 0.846. The first-order valence-corrected chi connectivity index (χ1v) is 5.57. The molecular weight excluding hydrogens is 212 g/mol. The van der Waals surface area contributed by atoms with E-state index in [1.54, 1.807) is 29.3 Å². The molecule has 0 radical (unpaired) electrons. The van der Waals surface area contributed by atoms with Crippen molar-refractivity contribution in [3.8, 4) is 0 Å². The Morgan fingerprint density at radius 1 is 1.60 bits per heavy atom. The summed E-state index contributed by atoms with van der Waals surface area (Å²) in [5.41, 5.74) is 0. The molecule has 6 nitrogen and oxygen atoms in total. The zero-order valence-electron chi connectivity index (χ0n) is 8.58. The lowest BCUT2D eigenvalue weighted by molar-refractivity contribution is 0.686. The molecule has 0 fully saturated rings. The van der Waals surface area contributed by atoms with Gasteiger partial charge in [0.1, 0.15) is 5.01 Å². The Morgan fingerprint density at radius 2 is 2.47 bits per heavy atom. The predicted molar refractivity (Wildman–Crippen MR) is 57.6 cm³/mol. The van der Waals surface area contributed by atoms with Gasteiger partial charge in [0.15, 0.2) is 0 Å². The maximum Gasteiger partial charge on any atom is 0.243 e. The highest BCUT2D eigenvalue weighted by atomic mass is 32.1. The van der Waals surface area contributed by atoms with E-state index in [1.807, 2.05) is 5.38 Å². The van der Waals surface area contributed by atoms with Crippen LogP contribution in [0.1, 0.15) is 24.4 Å². The highest BCUT2D eigenvalue weighted by Crippen LogP contribution is 2.22. The molecule has 2 rings (SSSR count). The number of hydrogen-bond donors (Lipinski definition) is 1. The third-order valence-corrected chi connectivity index (χ3v) is 2.97. The van der Waals surface area contributed by atoms with Gasteiger partial charge in [-0.25, -0.2) is 9.67 Å². The number of rotatable bonds is 4. The summed E-state index contributed by atoms with van der Waals surface area (Å²) >= 11 is 1.63. The van der Waals surface area contributed by atoms with Gasteiger partial charge in [0.05, 0.1) is 6.04 Å². The SMILES string of the molecule is CCC(Nc1nnnn1C)c1nccs1. The molecule has 0 aromatic carbocycles. The van der Waals surface area contributed by atoms with Crippen LogP contribution in [-0.4, -0.2) is 25.2 Å². The number of nitrogens with one attached hydrogen (secondary N) is 1. The van der Waals surface area contributed by atoms with Crippen LogP contribution in [0.5, 0.6) is 0 Å². The Hall–Kier alpha value is -1.50. The van der Waals surface area contributed by atoms with Crippen molar-refractivity contribution < 1.29 is 0 Å². The molecule has 0 aliphatic carbocycles. The van der Waals surface area contributed by atoms with Gasteiger partial charge in [0.25, 0.3) is 0 Å². The molecule has 2 aromatic heterocycles. The largest absolute Gasteiger partial charge is 0.344 e. The van der Waals surface area contributed by atoms with Crippen molar-refractivity contribution in [3.63, 3.8) is 0 Å².